The van der Waals surface area contributed by atoms with Gasteiger partial charge in [-0.15, -0.1) is 0 Å². The van der Waals surface area contributed by atoms with E-state index in [2.05, 4.69) is 9.97 Å². The first-order valence-electron chi connectivity index (χ1n) is 5.46. The quantitative estimate of drug-likeness (QED) is 0.808. The van der Waals surface area contributed by atoms with Crippen LogP contribution in [0.4, 0.5) is 4.79 Å². The molecule has 2 heterocycles. The number of nitrogens with zero attached hydrogens (tertiary/aromatic N) is 3. The van der Waals surface area contributed by atoms with Crippen molar-refractivity contribution >= 4 is 35.3 Å². The van der Waals surface area contributed by atoms with Crippen molar-refractivity contribution in [1.82, 2.24) is 14.9 Å². The summed E-state index contributed by atoms with van der Waals surface area (Å²) in [5.74, 6) is -1.23. The van der Waals surface area contributed by atoms with E-state index in [-0.39, 0.29) is 29.3 Å². The Bertz CT molecular complexity index is 513. The van der Waals surface area contributed by atoms with Gasteiger partial charge in [0.2, 0.25) is 0 Å². The van der Waals surface area contributed by atoms with E-state index in [4.69, 9.17) is 38.2 Å². The number of halogens is 2. The van der Waals surface area contributed by atoms with E-state index in [0.29, 0.717) is 0 Å². The Morgan fingerprint density at radius 3 is 2.35 bits per heavy atom. The second kappa shape index (κ2) is 5.68. The first-order valence-corrected chi connectivity index (χ1v) is 6.21. The van der Waals surface area contributed by atoms with Crippen molar-refractivity contribution in [2.75, 3.05) is 6.54 Å². The maximum atomic E-state index is 11.0. The number of hydrogen-bond acceptors (Lipinski definition) is 5. The summed E-state index contributed by atoms with van der Waals surface area (Å²) in [5.41, 5.74) is 0. The minimum Gasteiger partial charge on any atom is -0.480 e. The summed E-state index contributed by atoms with van der Waals surface area (Å²) in [6.45, 7) is -0.0974. The van der Waals surface area contributed by atoms with Gasteiger partial charge in [0.15, 0.2) is 0 Å². The van der Waals surface area contributed by atoms with E-state index >= 15 is 0 Å². The van der Waals surface area contributed by atoms with Gasteiger partial charge in [0.1, 0.15) is 22.5 Å². The highest BCUT2D eigenvalue weighted by Gasteiger charge is 2.41. The maximum Gasteiger partial charge on any atom is 0.408 e. The molecule has 20 heavy (non-hydrogen) atoms. The van der Waals surface area contributed by atoms with Crippen LogP contribution in [-0.2, 0) is 4.79 Å². The van der Waals surface area contributed by atoms with Crippen LogP contribution >= 0.6 is 23.2 Å². The van der Waals surface area contributed by atoms with Gasteiger partial charge in [-0.1, -0.05) is 23.2 Å². The third kappa shape index (κ3) is 3.20. The topological polar surface area (TPSA) is 113 Å². The van der Waals surface area contributed by atoms with Crippen molar-refractivity contribution in [2.45, 2.75) is 18.6 Å². The molecule has 2 atom stereocenters. The second-order valence-corrected chi connectivity index (χ2v) is 4.83. The minimum absolute atomic E-state index is 0.00484. The number of rotatable bonds is 3. The smallest absolute Gasteiger partial charge is 0.408 e. The molecule has 0 unspecified atom stereocenters. The summed E-state index contributed by atoms with van der Waals surface area (Å²) in [5, 5.41) is 18.1. The molecule has 8 nitrogen and oxygen atoms in total. The molecule has 1 aliphatic rings. The molecular weight excluding hydrogens is 313 g/mol. The fourth-order valence-electron chi connectivity index (χ4n) is 1.90. The molecule has 1 fully saturated rings. The molecule has 1 aromatic rings. The van der Waals surface area contributed by atoms with Gasteiger partial charge in [-0.2, -0.15) is 9.97 Å². The molecule has 0 saturated carbocycles. The normalized spacial score (nSPS) is 21.8. The van der Waals surface area contributed by atoms with Gasteiger partial charge < -0.3 is 14.9 Å². The van der Waals surface area contributed by atoms with Crippen LogP contribution in [0.1, 0.15) is 6.42 Å². The Balaban J connectivity index is 2.11. The van der Waals surface area contributed by atoms with Crippen molar-refractivity contribution in [3.8, 4) is 6.01 Å². The standard InChI is InChI=1S/C10H9Cl2N3O5/c11-6-2-7(12)14-9(13-6)20-4-1-5(8(16)17)15(3-4)10(18)19/h2,4-5H,1,3H2,(H,16,17)(H,18,19)/t4-,5-/m0/s1. The number of carboxylic acid groups (broad SMARTS) is 2. The molecule has 2 N–H and O–H groups in total. The Morgan fingerprint density at radius 1 is 1.30 bits per heavy atom. The predicted molar refractivity (Wildman–Crippen MR) is 67.2 cm³/mol. The number of amides is 1. The van der Waals surface area contributed by atoms with Crippen molar-refractivity contribution in [1.29, 1.82) is 0 Å². The summed E-state index contributed by atoms with van der Waals surface area (Å²) in [4.78, 5) is 30.3. The average molecular weight is 322 g/mol. The van der Waals surface area contributed by atoms with Crippen LogP contribution in [0.15, 0.2) is 6.07 Å². The molecule has 1 saturated heterocycles. The average Bonchev–Trinajstić information content (AvgIpc) is 2.71. The molecule has 108 valence electrons. The number of hydrogen-bond donors (Lipinski definition) is 2. The van der Waals surface area contributed by atoms with Crippen molar-refractivity contribution in [3.63, 3.8) is 0 Å². The van der Waals surface area contributed by atoms with Crippen molar-refractivity contribution < 1.29 is 24.5 Å². The summed E-state index contributed by atoms with van der Waals surface area (Å²) in [7, 11) is 0. The number of likely N-dealkylation sites (tertiary alicyclic amines) is 1. The molecule has 1 amide bonds. The Morgan fingerprint density at radius 2 is 1.90 bits per heavy atom. The number of carboxylic acids is 1. The number of carbonyl (C=O) groups is 2. The number of ether oxygens (including phenoxy) is 1. The van der Waals surface area contributed by atoms with Gasteiger partial charge in [0, 0.05) is 12.5 Å². The first kappa shape index (κ1) is 14.6. The lowest BCUT2D eigenvalue weighted by Gasteiger charge is -2.16. The lowest BCUT2D eigenvalue weighted by molar-refractivity contribution is -0.141. The van der Waals surface area contributed by atoms with E-state index in [1.54, 1.807) is 0 Å². The van der Waals surface area contributed by atoms with Crippen LogP contribution in [0.5, 0.6) is 6.01 Å². The lowest BCUT2D eigenvalue weighted by Crippen LogP contribution is -2.39. The fraction of sp³-hybridized carbons (Fsp3) is 0.400. The zero-order valence-electron chi connectivity index (χ0n) is 9.86. The minimum atomic E-state index is -1.33. The number of aromatic nitrogens is 2. The summed E-state index contributed by atoms with van der Waals surface area (Å²) < 4.78 is 5.34. The number of aliphatic carboxylic acids is 1. The van der Waals surface area contributed by atoms with Crippen LogP contribution < -0.4 is 4.74 Å². The third-order valence-electron chi connectivity index (χ3n) is 2.71. The molecule has 0 aromatic carbocycles. The van der Waals surface area contributed by atoms with Crippen LogP contribution in [0.25, 0.3) is 0 Å². The SMILES string of the molecule is O=C(O)[C@@H]1C[C@H](Oc2nc(Cl)cc(Cl)n2)CN1C(=O)O. The molecular formula is C10H9Cl2N3O5. The molecule has 0 aliphatic carbocycles. The summed E-state index contributed by atoms with van der Waals surface area (Å²) >= 11 is 11.4. The van der Waals surface area contributed by atoms with Crippen LogP contribution in [0.2, 0.25) is 10.3 Å². The summed E-state index contributed by atoms with van der Waals surface area (Å²) in [6, 6.07) is 0.0323. The van der Waals surface area contributed by atoms with Gasteiger partial charge in [0.25, 0.3) is 0 Å². The van der Waals surface area contributed by atoms with Gasteiger partial charge >= 0.3 is 18.1 Å². The van der Waals surface area contributed by atoms with Crippen molar-refractivity contribution in [3.05, 3.63) is 16.4 Å². The van der Waals surface area contributed by atoms with E-state index < -0.39 is 24.2 Å². The van der Waals surface area contributed by atoms with Crippen LogP contribution in [0, 0.1) is 0 Å². The lowest BCUT2D eigenvalue weighted by atomic mass is 10.2. The summed E-state index contributed by atoms with van der Waals surface area (Å²) in [6.07, 6.45) is -2.01. The highest BCUT2D eigenvalue weighted by molar-refractivity contribution is 6.33. The highest BCUT2D eigenvalue weighted by Crippen LogP contribution is 2.23. The zero-order chi connectivity index (χ0) is 14.9. The molecule has 1 aromatic heterocycles. The Labute approximate surface area is 122 Å². The highest BCUT2D eigenvalue weighted by atomic mass is 35.5. The molecule has 0 bridgehead atoms. The van der Waals surface area contributed by atoms with Gasteiger partial charge in [0.05, 0.1) is 6.54 Å². The first-order chi connectivity index (χ1) is 9.36. The Hall–Kier alpha value is -1.80. The van der Waals surface area contributed by atoms with Gasteiger partial charge in [-0.05, 0) is 0 Å². The maximum absolute atomic E-state index is 11.0. The molecule has 0 radical (unpaired) electrons. The molecule has 0 spiro atoms. The van der Waals surface area contributed by atoms with E-state index in [1.807, 2.05) is 0 Å². The molecule has 1 aliphatic heterocycles. The van der Waals surface area contributed by atoms with Crippen LogP contribution in [-0.4, -0.2) is 55.8 Å². The van der Waals surface area contributed by atoms with Crippen molar-refractivity contribution in [2.24, 2.45) is 0 Å². The second-order valence-electron chi connectivity index (χ2n) is 4.06. The Kier molecular flexibility index (Phi) is 4.15. The fourth-order valence-corrected chi connectivity index (χ4v) is 2.31. The van der Waals surface area contributed by atoms with E-state index in [9.17, 15) is 9.59 Å². The monoisotopic (exact) mass is 321 g/mol. The third-order valence-corrected chi connectivity index (χ3v) is 3.10. The molecule has 10 heteroatoms. The molecule has 2 rings (SSSR count). The van der Waals surface area contributed by atoms with Gasteiger partial charge in [-0.25, -0.2) is 9.59 Å². The predicted octanol–water partition coefficient (Wildman–Crippen LogP) is 1.37. The zero-order valence-corrected chi connectivity index (χ0v) is 11.4. The largest absolute Gasteiger partial charge is 0.480 e. The van der Waals surface area contributed by atoms with E-state index in [1.165, 1.54) is 6.07 Å². The van der Waals surface area contributed by atoms with Crippen LogP contribution in [0.3, 0.4) is 0 Å². The van der Waals surface area contributed by atoms with Gasteiger partial charge in [-0.3, -0.25) is 4.90 Å². The van der Waals surface area contributed by atoms with E-state index in [0.717, 1.165) is 4.90 Å².